The molecule has 2 aromatic carbocycles. The molecule has 0 aliphatic carbocycles. The Hall–Kier alpha value is -3.00. The quantitative estimate of drug-likeness (QED) is 0.291. The summed E-state index contributed by atoms with van der Waals surface area (Å²) in [4.78, 5) is 22.6. The molecule has 0 bridgehead atoms. The Kier molecular flexibility index (Phi) is 7.88. The number of unbranched alkanes of at least 4 members (excludes halogenated alkanes) is 2. The zero-order valence-electron chi connectivity index (χ0n) is 15.9. The van der Waals surface area contributed by atoms with Crippen LogP contribution in [-0.2, 0) is 0 Å². The summed E-state index contributed by atoms with van der Waals surface area (Å²) in [7, 11) is 0. The average molecular weight is 401 g/mol. The highest BCUT2D eigenvalue weighted by Crippen LogP contribution is 2.21. The number of thiocarbonyl (C=S) groups is 1. The van der Waals surface area contributed by atoms with Crippen LogP contribution in [0.5, 0.6) is 5.75 Å². The number of nitro groups is 1. The lowest BCUT2D eigenvalue weighted by atomic mass is 10.2. The van der Waals surface area contributed by atoms with E-state index in [1.54, 1.807) is 37.3 Å². The molecule has 28 heavy (non-hydrogen) atoms. The molecule has 0 spiro atoms. The normalized spacial score (nSPS) is 10.2. The summed E-state index contributed by atoms with van der Waals surface area (Å²) in [5.74, 6) is 0.365. The summed E-state index contributed by atoms with van der Waals surface area (Å²) in [6.45, 7) is 4.51. The highest BCUT2D eigenvalue weighted by atomic mass is 32.1. The highest BCUT2D eigenvalue weighted by Gasteiger charge is 2.11. The zero-order valence-corrected chi connectivity index (χ0v) is 16.7. The highest BCUT2D eigenvalue weighted by molar-refractivity contribution is 7.80. The third-order valence-electron chi connectivity index (χ3n) is 4.03. The third-order valence-corrected chi connectivity index (χ3v) is 4.23. The van der Waals surface area contributed by atoms with E-state index < -0.39 is 4.92 Å². The summed E-state index contributed by atoms with van der Waals surface area (Å²) in [5, 5.41) is 16.4. The van der Waals surface area contributed by atoms with E-state index in [2.05, 4.69) is 17.6 Å². The van der Waals surface area contributed by atoms with Crippen molar-refractivity contribution in [3.8, 4) is 5.75 Å². The van der Waals surface area contributed by atoms with E-state index in [4.69, 9.17) is 17.0 Å². The Balaban J connectivity index is 1.90. The van der Waals surface area contributed by atoms with Crippen LogP contribution < -0.4 is 15.4 Å². The minimum Gasteiger partial charge on any atom is -0.494 e. The first-order valence-electron chi connectivity index (χ1n) is 9.01. The van der Waals surface area contributed by atoms with Crippen LogP contribution in [0.3, 0.4) is 0 Å². The molecule has 0 heterocycles. The Morgan fingerprint density at radius 1 is 1.18 bits per heavy atom. The molecule has 148 valence electrons. The van der Waals surface area contributed by atoms with Gasteiger partial charge in [-0.25, -0.2) is 0 Å². The van der Waals surface area contributed by atoms with Crippen molar-refractivity contribution in [2.75, 3.05) is 11.9 Å². The Labute approximate surface area is 169 Å². The van der Waals surface area contributed by atoms with Gasteiger partial charge in [-0.05, 0) is 61.5 Å². The monoisotopic (exact) mass is 401 g/mol. The van der Waals surface area contributed by atoms with Crippen LogP contribution in [0.15, 0.2) is 42.5 Å². The van der Waals surface area contributed by atoms with Crippen LogP contribution in [0.25, 0.3) is 0 Å². The van der Waals surface area contributed by atoms with Gasteiger partial charge in [0.1, 0.15) is 5.75 Å². The van der Waals surface area contributed by atoms with Crippen LogP contribution in [0, 0.1) is 17.0 Å². The van der Waals surface area contributed by atoms with Gasteiger partial charge in [0.05, 0.1) is 11.5 Å². The standard InChI is InChI=1S/C20H23N3O4S/c1-3-4-5-12-27-17-9-6-15(7-10-17)19(24)22-20(28)21-18-11-8-16(23(25)26)13-14(18)2/h6-11,13H,3-5,12H2,1-2H3,(H2,21,22,24,28). The number of nitro benzene ring substituents is 1. The van der Waals surface area contributed by atoms with Gasteiger partial charge in [0.2, 0.25) is 0 Å². The van der Waals surface area contributed by atoms with Gasteiger partial charge in [0, 0.05) is 23.4 Å². The number of carbonyl (C=O) groups excluding carboxylic acids is 1. The van der Waals surface area contributed by atoms with Gasteiger partial charge in [0.15, 0.2) is 5.11 Å². The molecule has 0 atom stereocenters. The number of nitrogens with zero attached hydrogens (tertiary/aromatic N) is 1. The lowest BCUT2D eigenvalue weighted by molar-refractivity contribution is -0.384. The van der Waals surface area contributed by atoms with Crippen LogP contribution in [-0.4, -0.2) is 22.5 Å². The second-order valence-corrected chi connectivity index (χ2v) is 6.65. The van der Waals surface area contributed by atoms with Crippen molar-refractivity contribution >= 4 is 34.6 Å². The molecule has 0 radical (unpaired) electrons. The summed E-state index contributed by atoms with van der Waals surface area (Å²) in [5.41, 5.74) is 1.68. The summed E-state index contributed by atoms with van der Waals surface area (Å²) in [6, 6.07) is 11.2. The molecular weight excluding hydrogens is 378 g/mol. The molecule has 0 fully saturated rings. The van der Waals surface area contributed by atoms with E-state index in [0.29, 0.717) is 23.4 Å². The zero-order chi connectivity index (χ0) is 20.5. The van der Waals surface area contributed by atoms with E-state index >= 15 is 0 Å². The van der Waals surface area contributed by atoms with Gasteiger partial charge < -0.3 is 10.1 Å². The molecule has 0 unspecified atom stereocenters. The lowest BCUT2D eigenvalue weighted by Crippen LogP contribution is -2.34. The van der Waals surface area contributed by atoms with Crippen molar-refractivity contribution in [1.29, 1.82) is 0 Å². The van der Waals surface area contributed by atoms with Crippen LogP contribution >= 0.6 is 12.2 Å². The van der Waals surface area contributed by atoms with E-state index in [0.717, 1.165) is 25.0 Å². The van der Waals surface area contributed by atoms with Crippen molar-refractivity contribution in [3.63, 3.8) is 0 Å². The molecule has 7 nitrogen and oxygen atoms in total. The summed E-state index contributed by atoms with van der Waals surface area (Å²) < 4.78 is 5.62. The summed E-state index contributed by atoms with van der Waals surface area (Å²) >= 11 is 5.16. The van der Waals surface area contributed by atoms with Gasteiger partial charge >= 0.3 is 0 Å². The number of ether oxygens (including phenoxy) is 1. The summed E-state index contributed by atoms with van der Waals surface area (Å²) in [6.07, 6.45) is 3.26. The van der Waals surface area contributed by atoms with Crippen LogP contribution in [0.4, 0.5) is 11.4 Å². The van der Waals surface area contributed by atoms with Crippen molar-refractivity contribution in [3.05, 3.63) is 63.7 Å². The fourth-order valence-corrected chi connectivity index (χ4v) is 2.68. The second kappa shape index (κ2) is 10.4. The Morgan fingerprint density at radius 2 is 1.89 bits per heavy atom. The number of anilines is 1. The van der Waals surface area contributed by atoms with Crippen molar-refractivity contribution < 1.29 is 14.5 Å². The predicted octanol–water partition coefficient (Wildman–Crippen LogP) is 4.60. The van der Waals surface area contributed by atoms with E-state index in [1.165, 1.54) is 12.1 Å². The first-order valence-corrected chi connectivity index (χ1v) is 9.41. The van der Waals surface area contributed by atoms with Gasteiger partial charge in [-0.1, -0.05) is 19.8 Å². The molecule has 2 N–H and O–H groups in total. The maximum Gasteiger partial charge on any atom is 0.269 e. The molecular formula is C20H23N3O4S. The molecule has 2 rings (SSSR count). The maximum absolute atomic E-state index is 12.3. The minimum atomic E-state index is -0.464. The number of hydrogen-bond acceptors (Lipinski definition) is 5. The lowest BCUT2D eigenvalue weighted by Gasteiger charge is -2.12. The first kappa shape index (κ1) is 21.3. The first-order chi connectivity index (χ1) is 13.4. The molecule has 0 aliphatic heterocycles. The third kappa shape index (κ3) is 6.31. The largest absolute Gasteiger partial charge is 0.494 e. The smallest absolute Gasteiger partial charge is 0.269 e. The number of benzene rings is 2. The van der Waals surface area contributed by atoms with Gasteiger partial charge in [0.25, 0.3) is 11.6 Å². The van der Waals surface area contributed by atoms with Gasteiger partial charge in [-0.15, -0.1) is 0 Å². The molecule has 8 heteroatoms. The number of amides is 1. The SMILES string of the molecule is CCCCCOc1ccc(C(=O)NC(=S)Nc2ccc([N+](=O)[O-])cc2C)cc1. The fraction of sp³-hybridized carbons (Fsp3) is 0.300. The van der Waals surface area contributed by atoms with Crippen molar-refractivity contribution in [2.24, 2.45) is 0 Å². The van der Waals surface area contributed by atoms with Crippen LogP contribution in [0.1, 0.15) is 42.1 Å². The number of non-ortho nitro benzene ring substituents is 1. The Bertz CT molecular complexity index is 853. The van der Waals surface area contributed by atoms with Gasteiger partial charge in [-0.3, -0.25) is 20.2 Å². The van der Waals surface area contributed by atoms with Gasteiger partial charge in [-0.2, -0.15) is 0 Å². The number of aryl methyl sites for hydroxylation is 1. The number of rotatable bonds is 8. The topological polar surface area (TPSA) is 93.5 Å². The predicted molar refractivity (Wildman–Crippen MR) is 113 cm³/mol. The fourth-order valence-electron chi connectivity index (χ4n) is 2.48. The maximum atomic E-state index is 12.3. The second-order valence-electron chi connectivity index (χ2n) is 6.24. The minimum absolute atomic E-state index is 0.00462. The van der Waals surface area contributed by atoms with E-state index in [1.807, 2.05) is 0 Å². The molecule has 0 saturated heterocycles. The van der Waals surface area contributed by atoms with E-state index in [-0.39, 0.29) is 16.7 Å². The molecule has 0 aromatic heterocycles. The number of carbonyl (C=O) groups is 1. The number of nitrogens with one attached hydrogen (secondary N) is 2. The van der Waals surface area contributed by atoms with Crippen molar-refractivity contribution in [2.45, 2.75) is 33.1 Å². The van der Waals surface area contributed by atoms with Crippen LogP contribution in [0.2, 0.25) is 0 Å². The molecule has 1 amide bonds. The Morgan fingerprint density at radius 3 is 2.50 bits per heavy atom. The van der Waals surface area contributed by atoms with E-state index in [9.17, 15) is 14.9 Å². The molecule has 2 aromatic rings. The molecule has 0 aliphatic rings. The number of hydrogen-bond donors (Lipinski definition) is 2. The average Bonchev–Trinajstić information content (AvgIpc) is 2.67. The van der Waals surface area contributed by atoms with Crippen molar-refractivity contribution in [1.82, 2.24) is 5.32 Å². The molecule has 0 saturated carbocycles.